The van der Waals surface area contributed by atoms with Crippen LogP contribution in [0.3, 0.4) is 0 Å². The number of aromatic nitrogens is 2. The molecule has 2 rings (SSSR count). The van der Waals surface area contributed by atoms with Gasteiger partial charge in [0.25, 0.3) is 0 Å². The summed E-state index contributed by atoms with van der Waals surface area (Å²) in [4.78, 5) is 0. The van der Waals surface area contributed by atoms with Gasteiger partial charge in [0.15, 0.2) is 5.75 Å². The Morgan fingerprint density at radius 3 is 3.40 bits per heavy atom. The fraction of sp³-hybridized carbons (Fsp3) is 0.500. The van der Waals surface area contributed by atoms with Crippen LogP contribution in [0.4, 0.5) is 0 Å². The van der Waals surface area contributed by atoms with E-state index in [1.807, 2.05) is 16.4 Å². The summed E-state index contributed by atoms with van der Waals surface area (Å²) < 4.78 is 1.85. The second-order valence-corrected chi connectivity index (χ2v) is 3.34. The maximum Gasteiger partial charge on any atom is 0.156 e. The zero-order valence-electron chi connectivity index (χ0n) is 5.45. The number of hydrogen-bond acceptors (Lipinski definition) is 3. The Balaban J connectivity index is 2.45. The van der Waals surface area contributed by atoms with Gasteiger partial charge < -0.3 is 5.11 Å². The first-order valence-electron chi connectivity index (χ1n) is 3.19. The van der Waals surface area contributed by atoms with Gasteiger partial charge in [-0.15, -0.1) is 11.8 Å². The molecule has 0 saturated heterocycles. The smallest absolute Gasteiger partial charge is 0.156 e. The highest BCUT2D eigenvalue weighted by Crippen LogP contribution is 2.24. The number of fused-ring (bicyclic) bond motifs is 1. The van der Waals surface area contributed by atoms with E-state index in [9.17, 15) is 5.11 Å². The highest BCUT2D eigenvalue weighted by molar-refractivity contribution is 7.98. The van der Waals surface area contributed by atoms with Gasteiger partial charge in [0.2, 0.25) is 0 Å². The molecule has 0 atom stereocenters. The van der Waals surface area contributed by atoms with E-state index < -0.39 is 0 Å². The third-order valence-electron chi connectivity index (χ3n) is 1.62. The lowest BCUT2D eigenvalue weighted by Crippen LogP contribution is -2.09. The predicted octanol–water partition coefficient (Wildman–Crippen LogP) is 0.835. The first-order chi connectivity index (χ1) is 4.88. The summed E-state index contributed by atoms with van der Waals surface area (Å²) in [5, 5.41) is 13.2. The van der Waals surface area contributed by atoms with Gasteiger partial charge in [-0.3, -0.25) is 4.68 Å². The van der Waals surface area contributed by atoms with E-state index in [0.717, 1.165) is 23.7 Å². The van der Waals surface area contributed by atoms with Crippen LogP contribution in [0.25, 0.3) is 0 Å². The van der Waals surface area contributed by atoms with Crippen LogP contribution in [0.5, 0.6) is 5.75 Å². The van der Waals surface area contributed by atoms with Crippen LogP contribution in [0.2, 0.25) is 0 Å². The molecular formula is C6H8N2OS. The summed E-state index contributed by atoms with van der Waals surface area (Å²) in [7, 11) is 0. The quantitative estimate of drug-likeness (QED) is 0.604. The Hall–Kier alpha value is -0.640. The summed E-state index contributed by atoms with van der Waals surface area (Å²) in [6, 6.07) is 0. The van der Waals surface area contributed by atoms with Crippen molar-refractivity contribution in [3.63, 3.8) is 0 Å². The molecule has 0 aromatic carbocycles. The normalized spacial score (nSPS) is 16.8. The molecule has 0 radical (unpaired) electrons. The van der Waals surface area contributed by atoms with Crippen LogP contribution in [0.1, 0.15) is 5.69 Å². The summed E-state index contributed by atoms with van der Waals surface area (Å²) in [6.07, 6.45) is 2.46. The first-order valence-corrected chi connectivity index (χ1v) is 4.35. The number of aromatic hydroxyl groups is 1. The second-order valence-electron chi connectivity index (χ2n) is 2.26. The van der Waals surface area contributed by atoms with Crippen LogP contribution in [-0.4, -0.2) is 20.6 Å². The number of hydrogen-bond donors (Lipinski definition) is 1. The molecule has 1 N–H and O–H groups in total. The number of nitrogens with zero attached hydrogens (tertiary/aromatic N) is 2. The maximum absolute atomic E-state index is 9.20. The van der Waals surface area contributed by atoms with Gasteiger partial charge in [-0.1, -0.05) is 0 Å². The van der Waals surface area contributed by atoms with E-state index in [0.29, 0.717) is 5.75 Å². The van der Waals surface area contributed by atoms with Gasteiger partial charge in [-0.2, -0.15) is 5.10 Å². The molecule has 0 fully saturated rings. The first kappa shape index (κ1) is 6.09. The van der Waals surface area contributed by atoms with Crippen LogP contribution in [0.15, 0.2) is 6.20 Å². The lowest BCUT2D eigenvalue weighted by atomic mass is 10.3. The second kappa shape index (κ2) is 2.20. The van der Waals surface area contributed by atoms with Gasteiger partial charge in [-0.25, -0.2) is 0 Å². The van der Waals surface area contributed by atoms with E-state index in [4.69, 9.17) is 0 Å². The molecule has 3 nitrogen and oxygen atoms in total. The van der Waals surface area contributed by atoms with Crippen LogP contribution >= 0.6 is 11.8 Å². The van der Waals surface area contributed by atoms with Crippen molar-refractivity contribution in [3.05, 3.63) is 11.9 Å². The molecule has 54 valence electrons. The van der Waals surface area contributed by atoms with Gasteiger partial charge in [0.1, 0.15) is 0 Å². The molecule has 0 aliphatic carbocycles. The van der Waals surface area contributed by atoms with Gasteiger partial charge in [0.05, 0.1) is 17.8 Å². The average Bonchev–Trinajstić information content (AvgIpc) is 2.34. The SMILES string of the molecule is Oc1cnn2c1CCSC2. The Bertz CT molecular complexity index is 246. The third kappa shape index (κ3) is 0.794. The number of thioether (sulfide) groups is 1. The minimum absolute atomic E-state index is 0.348. The van der Waals surface area contributed by atoms with E-state index in [1.54, 1.807) is 0 Å². The molecule has 0 unspecified atom stereocenters. The summed E-state index contributed by atoms with van der Waals surface area (Å²) in [5.41, 5.74) is 0.985. The Morgan fingerprint density at radius 1 is 1.70 bits per heavy atom. The fourth-order valence-corrected chi connectivity index (χ4v) is 1.95. The zero-order chi connectivity index (χ0) is 6.97. The molecule has 0 spiro atoms. The van der Waals surface area contributed by atoms with E-state index >= 15 is 0 Å². The van der Waals surface area contributed by atoms with Crippen molar-refractivity contribution in [1.29, 1.82) is 0 Å². The highest BCUT2D eigenvalue weighted by Gasteiger charge is 2.13. The molecule has 4 heteroatoms. The number of rotatable bonds is 0. The van der Waals surface area contributed by atoms with Crippen LogP contribution in [0, 0.1) is 0 Å². The lowest BCUT2D eigenvalue weighted by Gasteiger charge is -2.11. The molecular weight excluding hydrogens is 148 g/mol. The van der Waals surface area contributed by atoms with E-state index in [2.05, 4.69) is 5.10 Å². The van der Waals surface area contributed by atoms with Crippen LogP contribution in [-0.2, 0) is 12.3 Å². The maximum atomic E-state index is 9.20. The molecule has 1 aliphatic heterocycles. The molecule has 2 heterocycles. The third-order valence-corrected chi connectivity index (χ3v) is 2.54. The van der Waals surface area contributed by atoms with Crippen molar-refractivity contribution in [2.45, 2.75) is 12.3 Å². The van der Waals surface area contributed by atoms with Crippen molar-refractivity contribution in [1.82, 2.24) is 9.78 Å². The van der Waals surface area contributed by atoms with Crippen molar-refractivity contribution < 1.29 is 5.11 Å². The summed E-state index contributed by atoms with van der Waals surface area (Å²) >= 11 is 1.84. The fourth-order valence-electron chi connectivity index (χ4n) is 1.09. The minimum Gasteiger partial charge on any atom is -0.504 e. The van der Waals surface area contributed by atoms with Crippen LogP contribution < -0.4 is 0 Å². The molecule has 0 amide bonds. The average molecular weight is 156 g/mol. The van der Waals surface area contributed by atoms with Crippen molar-refractivity contribution in [2.75, 3.05) is 5.75 Å². The van der Waals surface area contributed by atoms with Crippen molar-refractivity contribution in [3.8, 4) is 5.75 Å². The topological polar surface area (TPSA) is 38.1 Å². The molecule has 1 aromatic heterocycles. The highest BCUT2D eigenvalue weighted by atomic mass is 32.2. The molecule has 0 saturated carbocycles. The Labute approximate surface area is 63.0 Å². The largest absolute Gasteiger partial charge is 0.504 e. The molecule has 1 aliphatic rings. The summed E-state index contributed by atoms with van der Waals surface area (Å²) in [5.74, 6) is 2.33. The standard InChI is InChI=1S/C6H8N2OS/c9-6-3-7-8-4-10-2-1-5(6)8/h3,9H,1-2,4H2. The van der Waals surface area contributed by atoms with Gasteiger partial charge in [-0.05, 0) is 0 Å². The van der Waals surface area contributed by atoms with Crippen molar-refractivity contribution >= 4 is 11.8 Å². The molecule has 10 heavy (non-hydrogen) atoms. The molecule has 1 aromatic rings. The zero-order valence-corrected chi connectivity index (χ0v) is 6.27. The Kier molecular flexibility index (Phi) is 1.34. The minimum atomic E-state index is 0.348. The van der Waals surface area contributed by atoms with Crippen molar-refractivity contribution in [2.24, 2.45) is 0 Å². The lowest BCUT2D eigenvalue weighted by molar-refractivity contribution is 0.466. The predicted molar refractivity (Wildman–Crippen MR) is 40.1 cm³/mol. The molecule has 0 bridgehead atoms. The summed E-state index contributed by atoms with van der Waals surface area (Å²) in [6.45, 7) is 0. The Morgan fingerprint density at radius 2 is 2.60 bits per heavy atom. The van der Waals surface area contributed by atoms with E-state index in [1.165, 1.54) is 6.20 Å². The van der Waals surface area contributed by atoms with Gasteiger partial charge in [0, 0.05) is 12.2 Å². The monoisotopic (exact) mass is 156 g/mol. The van der Waals surface area contributed by atoms with E-state index in [-0.39, 0.29) is 0 Å². The van der Waals surface area contributed by atoms with Gasteiger partial charge >= 0.3 is 0 Å².